The van der Waals surface area contributed by atoms with Gasteiger partial charge in [0.15, 0.2) is 0 Å². The number of nitrogens with zero attached hydrogens (tertiary/aromatic N) is 1. The molecule has 0 spiro atoms. The topological polar surface area (TPSA) is 35.5 Å². The van der Waals surface area contributed by atoms with Crippen molar-refractivity contribution in [1.82, 2.24) is 10.2 Å². The van der Waals surface area contributed by atoms with Crippen LogP contribution in [-0.4, -0.2) is 48.8 Å². The van der Waals surface area contributed by atoms with Gasteiger partial charge in [-0.05, 0) is 19.4 Å². The molecule has 0 aromatic heterocycles. The number of nitrogens with one attached hydrogen (secondary N) is 1. The molecule has 1 fully saturated rings. The number of aliphatic hydroxyl groups is 1. The Kier molecular flexibility index (Phi) is 4.16. The first-order valence-corrected chi connectivity index (χ1v) is 5.21. The number of likely N-dealkylation sites (tertiary alicyclic amines) is 1. The van der Waals surface area contributed by atoms with Gasteiger partial charge >= 0.3 is 0 Å². The number of aliphatic hydroxyl groups excluding tert-OH is 1. The average molecular weight is 186 g/mol. The molecule has 0 radical (unpaired) electrons. The Morgan fingerprint density at radius 2 is 2.23 bits per heavy atom. The molecule has 0 aromatic rings. The van der Waals surface area contributed by atoms with Gasteiger partial charge in [0.1, 0.15) is 0 Å². The van der Waals surface area contributed by atoms with Crippen LogP contribution in [0.15, 0.2) is 0 Å². The number of hydrogen-bond acceptors (Lipinski definition) is 3. The molecule has 1 aliphatic heterocycles. The van der Waals surface area contributed by atoms with E-state index in [2.05, 4.69) is 24.1 Å². The van der Waals surface area contributed by atoms with E-state index < -0.39 is 0 Å². The minimum atomic E-state index is -0.0929. The second-order valence-corrected chi connectivity index (χ2v) is 4.34. The predicted molar refractivity (Wildman–Crippen MR) is 54.7 cm³/mol. The zero-order valence-corrected chi connectivity index (χ0v) is 8.95. The fourth-order valence-electron chi connectivity index (χ4n) is 1.89. The van der Waals surface area contributed by atoms with Crippen LogP contribution in [0.2, 0.25) is 0 Å². The van der Waals surface area contributed by atoms with Gasteiger partial charge in [0.2, 0.25) is 0 Å². The highest BCUT2D eigenvalue weighted by Crippen LogP contribution is 2.11. The van der Waals surface area contributed by atoms with Gasteiger partial charge in [0, 0.05) is 25.7 Å². The SMILES string of the molecule is CN[C@H](CN1CCC(O)C1)C(C)C. The molecule has 1 unspecified atom stereocenters. The lowest BCUT2D eigenvalue weighted by molar-refractivity contribution is 0.169. The van der Waals surface area contributed by atoms with Crippen LogP contribution >= 0.6 is 0 Å². The minimum absolute atomic E-state index is 0.0929. The highest BCUT2D eigenvalue weighted by molar-refractivity contribution is 4.80. The van der Waals surface area contributed by atoms with Crippen molar-refractivity contribution >= 4 is 0 Å². The standard InChI is InChI=1S/C10H22N2O/c1-8(2)10(11-3)7-12-5-4-9(13)6-12/h8-11,13H,4-7H2,1-3H3/t9?,10-/m1/s1. The van der Waals surface area contributed by atoms with E-state index in [1.807, 2.05) is 7.05 Å². The van der Waals surface area contributed by atoms with E-state index >= 15 is 0 Å². The van der Waals surface area contributed by atoms with Crippen molar-refractivity contribution in [2.45, 2.75) is 32.4 Å². The first-order chi connectivity index (χ1) is 6.13. The molecule has 0 aliphatic carbocycles. The van der Waals surface area contributed by atoms with Gasteiger partial charge in [0.05, 0.1) is 6.10 Å². The fraction of sp³-hybridized carbons (Fsp3) is 1.00. The number of hydrogen-bond donors (Lipinski definition) is 2. The monoisotopic (exact) mass is 186 g/mol. The summed E-state index contributed by atoms with van der Waals surface area (Å²) in [6.45, 7) is 7.42. The molecule has 2 N–H and O–H groups in total. The number of β-amino-alcohol motifs (C(OH)–C–C–N with tert-alkyl or cyclic N) is 1. The fourth-order valence-corrected chi connectivity index (χ4v) is 1.89. The summed E-state index contributed by atoms with van der Waals surface area (Å²) in [5.74, 6) is 0.655. The van der Waals surface area contributed by atoms with Crippen LogP contribution in [0.25, 0.3) is 0 Å². The Morgan fingerprint density at radius 3 is 2.62 bits per heavy atom. The summed E-state index contributed by atoms with van der Waals surface area (Å²) in [4.78, 5) is 2.34. The van der Waals surface area contributed by atoms with Gasteiger partial charge in [-0.15, -0.1) is 0 Å². The summed E-state index contributed by atoms with van der Waals surface area (Å²) in [6, 6.07) is 0.547. The summed E-state index contributed by atoms with van der Waals surface area (Å²) >= 11 is 0. The Hall–Kier alpha value is -0.120. The maximum absolute atomic E-state index is 9.36. The Balaban J connectivity index is 2.30. The van der Waals surface area contributed by atoms with E-state index in [1.54, 1.807) is 0 Å². The van der Waals surface area contributed by atoms with Crippen molar-refractivity contribution in [1.29, 1.82) is 0 Å². The maximum atomic E-state index is 9.36. The molecule has 1 rings (SSSR count). The van der Waals surface area contributed by atoms with E-state index in [-0.39, 0.29) is 6.10 Å². The van der Waals surface area contributed by atoms with Crippen LogP contribution in [-0.2, 0) is 0 Å². The Morgan fingerprint density at radius 1 is 1.54 bits per heavy atom. The van der Waals surface area contributed by atoms with Crippen LogP contribution in [0.5, 0.6) is 0 Å². The molecule has 1 saturated heterocycles. The van der Waals surface area contributed by atoms with Crippen molar-refractivity contribution < 1.29 is 5.11 Å². The third kappa shape index (κ3) is 3.25. The van der Waals surface area contributed by atoms with Crippen LogP contribution < -0.4 is 5.32 Å². The molecule has 1 aliphatic rings. The number of rotatable bonds is 4. The summed E-state index contributed by atoms with van der Waals surface area (Å²) in [5.41, 5.74) is 0. The molecule has 1 heterocycles. The van der Waals surface area contributed by atoms with Crippen molar-refractivity contribution in [3.8, 4) is 0 Å². The van der Waals surface area contributed by atoms with Crippen LogP contribution in [0.4, 0.5) is 0 Å². The molecule has 78 valence electrons. The van der Waals surface area contributed by atoms with Crippen LogP contribution in [0.1, 0.15) is 20.3 Å². The third-order valence-electron chi connectivity index (χ3n) is 2.88. The first kappa shape index (κ1) is 11.0. The van der Waals surface area contributed by atoms with Gasteiger partial charge in [-0.1, -0.05) is 13.8 Å². The maximum Gasteiger partial charge on any atom is 0.0679 e. The lowest BCUT2D eigenvalue weighted by Gasteiger charge is -2.25. The normalized spacial score (nSPS) is 27.0. The second-order valence-electron chi connectivity index (χ2n) is 4.34. The summed E-state index contributed by atoms with van der Waals surface area (Å²) in [6.07, 6.45) is 0.846. The molecule has 0 amide bonds. The third-order valence-corrected chi connectivity index (χ3v) is 2.88. The molecule has 3 nitrogen and oxygen atoms in total. The van der Waals surface area contributed by atoms with E-state index in [9.17, 15) is 5.11 Å². The molecule has 2 atom stereocenters. The lowest BCUT2D eigenvalue weighted by Crippen LogP contribution is -2.42. The van der Waals surface area contributed by atoms with E-state index in [0.29, 0.717) is 12.0 Å². The first-order valence-electron chi connectivity index (χ1n) is 5.21. The smallest absolute Gasteiger partial charge is 0.0679 e. The number of likely N-dealkylation sites (N-methyl/N-ethyl adjacent to an activating group) is 1. The van der Waals surface area contributed by atoms with E-state index in [4.69, 9.17) is 0 Å². The van der Waals surface area contributed by atoms with E-state index in [0.717, 1.165) is 26.1 Å². The molecular formula is C10H22N2O. The zero-order valence-electron chi connectivity index (χ0n) is 8.95. The van der Waals surface area contributed by atoms with Gasteiger partial charge < -0.3 is 10.4 Å². The van der Waals surface area contributed by atoms with Gasteiger partial charge in [-0.25, -0.2) is 0 Å². The van der Waals surface area contributed by atoms with Crippen molar-refractivity contribution in [2.75, 3.05) is 26.7 Å². The van der Waals surface area contributed by atoms with Crippen molar-refractivity contribution in [3.63, 3.8) is 0 Å². The molecule has 0 bridgehead atoms. The molecule has 3 heteroatoms. The zero-order chi connectivity index (χ0) is 9.84. The summed E-state index contributed by atoms with van der Waals surface area (Å²) in [7, 11) is 2.01. The van der Waals surface area contributed by atoms with Crippen molar-refractivity contribution in [3.05, 3.63) is 0 Å². The van der Waals surface area contributed by atoms with Crippen LogP contribution in [0.3, 0.4) is 0 Å². The summed E-state index contributed by atoms with van der Waals surface area (Å²) in [5, 5.41) is 12.7. The molecule has 0 aromatic carbocycles. The van der Waals surface area contributed by atoms with Crippen LogP contribution in [0, 0.1) is 5.92 Å². The Bertz CT molecular complexity index is 150. The minimum Gasteiger partial charge on any atom is -0.392 e. The van der Waals surface area contributed by atoms with Crippen molar-refractivity contribution in [2.24, 2.45) is 5.92 Å². The largest absolute Gasteiger partial charge is 0.392 e. The highest BCUT2D eigenvalue weighted by Gasteiger charge is 2.23. The van der Waals surface area contributed by atoms with Gasteiger partial charge in [-0.2, -0.15) is 0 Å². The molecule has 0 saturated carbocycles. The highest BCUT2D eigenvalue weighted by atomic mass is 16.3. The van der Waals surface area contributed by atoms with Gasteiger partial charge in [0.25, 0.3) is 0 Å². The molecular weight excluding hydrogens is 164 g/mol. The van der Waals surface area contributed by atoms with Gasteiger partial charge in [-0.3, -0.25) is 4.90 Å². The average Bonchev–Trinajstić information content (AvgIpc) is 2.46. The quantitative estimate of drug-likeness (QED) is 0.663. The Labute approximate surface area is 81.1 Å². The summed E-state index contributed by atoms with van der Waals surface area (Å²) < 4.78 is 0. The lowest BCUT2D eigenvalue weighted by atomic mass is 10.0. The second kappa shape index (κ2) is 4.94. The van der Waals surface area contributed by atoms with E-state index in [1.165, 1.54) is 0 Å². The molecule has 13 heavy (non-hydrogen) atoms. The predicted octanol–water partition coefficient (Wildman–Crippen LogP) is 0.297.